The zero-order valence-corrected chi connectivity index (χ0v) is 16.7. The van der Waals surface area contributed by atoms with Crippen LogP contribution in [0.1, 0.15) is 30.2 Å². The Hall–Kier alpha value is -2.13. The number of alkyl halides is 2. The summed E-state index contributed by atoms with van der Waals surface area (Å²) in [6, 6.07) is 4.81. The van der Waals surface area contributed by atoms with E-state index in [1.807, 2.05) is 6.92 Å². The molecule has 2 heterocycles. The van der Waals surface area contributed by atoms with Crippen molar-refractivity contribution in [3.05, 3.63) is 35.0 Å². The molecule has 9 heteroatoms. The van der Waals surface area contributed by atoms with Crippen LogP contribution in [0.4, 0.5) is 14.7 Å². The van der Waals surface area contributed by atoms with Crippen molar-refractivity contribution in [2.75, 3.05) is 17.7 Å². The average molecular weight is 408 g/mol. The second-order valence-electron chi connectivity index (χ2n) is 7.74. The molecular formula is C19H22F2N4O2S. The second-order valence-corrected chi connectivity index (χ2v) is 9.90. The lowest BCUT2D eigenvalue weighted by atomic mass is 10.0. The van der Waals surface area contributed by atoms with Crippen LogP contribution in [-0.4, -0.2) is 44.2 Å². The van der Waals surface area contributed by atoms with Gasteiger partial charge in [-0.05, 0) is 44.0 Å². The van der Waals surface area contributed by atoms with E-state index in [2.05, 4.69) is 9.97 Å². The molecule has 0 amide bonds. The van der Waals surface area contributed by atoms with Crippen molar-refractivity contribution >= 4 is 15.7 Å². The summed E-state index contributed by atoms with van der Waals surface area (Å²) >= 11 is 0. The first-order valence-electron chi connectivity index (χ1n) is 9.07. The van der Waals surface area contributed by atoms with Crippen molar-refractivity contribution in [1.29, 1.82) is 4.78 Å². The largest absolute Gasteiger partial charge is 0.389 e. The summed E-state index contributed by atoms with van der Waals surface area (Å²) in [5.41, 5.74) is 1.85. The van der Waals surface area contributed by atoms with E-state index in [0.717, 1.165) is 5.56 Å². The monoisotopic (exact) mass is 408 g/mol. The highest BCUT2D eigenvalue weighted by Crippen LogP contribution is 2.45. The molecule has 1 aliphatic carbocycles. The number of benzene rings is 1. The van der Waals surface area contributed by atoms with E-state index in [1.165, 1.54) is 6.26 Å². The van der Waals surface area contributed by atoms with Crippen molar-refractivity contribution < 1.29 is 18.1 Å². The quantitative estimate of drug-likeness (QED) is 0.815. The number of β-amino-alcohol motifs (C(OH)–C–C–N with tert-alkyl or cyclic N) is 1. The van der Waals surface area contributed by atoms with E-state index in [-0.39, 0.29) is 30.5 Å². The summed E-state index contributed by atoms with van der Waals surface area (Å²) < 4.78 is 49.1. The Bertz CT molecular complexity index is 1070. The van der Waals surface area contributed by atoms with Crippen molar-refractivity contribution in [1.82, 2.24) is 9.97 Å². The topological polar surface area (TPSA) is 90.2 Å². The SMILES string of the molecule is Cc1cc(-c2nc(N3C[C@@H](O)[C@@H]3C)nc3c2CCC3(F)F)cc(S(C)(=N)=O)c1. The summed E-state index contributed by atoms with van der Waals surface area (Å²) in [7, 11) is -2.96. The smallest absolute Gasteiger partial charge is 0.290 e. The van der Waals surface area contributed by atoms with Crippen molar-refractivity contribution in [2.24, 2.45) is 0 Å². The fourth-order valence-corrected chi connectivity index (χ4v) is 4.51. The molecule has 3 atom stereocenters. The number of aliphatic hydroxyl groups excluding tert-OH is 1. The number of anilines is 1. The number of fused-ring (bicyclic) bond motifs is 1. The molecule has 1 aromatic carbocycles. The molecule has 6 nitrogen and oxygen atoms in total. The molecule has 1 aromatic heterocycles. The molecule has 28 heavy (non-hydrogen) atoms. The minimum absolute atomic E-state index is 0.155. The molecule has 2 aliphatic rings. The van der Waals surface area contributed by atoms with Gasteiger partial charge in [0, 0.05) is 35.2 Å². The minimum Gasteiger partial charge on any atom is -0.389 e. The summed E-state index contributed by atoms with van der Waals surface area (Å²) in [5, 5.41) is 9.79. The molecule has 2 aromatic rings. The maximum Gasteiger partial charge on any atom is 0.290 e. The Morgan fingerprint density at radius 1 is 1.32 bits per heavy atom. The molecule has 1 unspecified atom stereocenters. The van der Waals surface area contributed by atoms with E-state index in [0.29, 0.717) is 28.3 Å². The van der Waals surface area contributed by atoms with Crippen LogP contribution >= 0.6 is 0 Å². The van der Waals surface area contributed by atoms with Crippen LogP contribution in [0.2, 0.25) is 0 Å². The number of nitrogens with one attached hydrogen (secondary N) is 1. The maximum atomic E-state index is 14.5. The Balaban J connectivity index is 1.93. The molecule has 1 saturated heterocycles. The lowest BCUT2D eigenvalue weighted by Gasteiger charge is -2.43. The third kappa shape index (κ3) is 3.06. The molecule has 1 fully saturated rings. The first-order chi connectivity index (χ1) is 13.0. The van der Waals surface area contributed by atoms with Gasteiger partial charge in [0.25, 0.3) is 5.92 Å². The predicted molar refractivity (Wildman–Crippen MR) is 102 cm³/mol. The van der Waals surface area contributed by atoms with Crippen LogP contribution in [0.3, 0.4) is 0 Å². The van der Waals surface area contributed by atoms with Gasteiger partial charge in [-0.1, -0.05) is 0 Å². The van der Waals surface area contributed by atoms with E-state index in [4.69, 9.17) is 4.78 Å². The zero-order chi connectivity index (χ0) is 20.4. The van der Waals surface area contributed by atoms with Gasteiger partial charge in [0.2, 0.25) is 5.95 Å². The molecule has 0 bridgehead atoms. The van der Waals surface area contributed by atoms with Gasteiger partial charge >= 0.3 is 0 Å². The lowest BCUT2D eigenvalue weighted by molar-refractivity contribution is -0.00603. The highest BCUT2D eigenvalue weighted by atomic mass is 32.2. The Morgan fingerprint density at radius 3 is 2.64 bits per heavy atom. The van der Waals surface area contributed by atoms with Crippen LogP contribution in [0.15, 0.2) is 23.1 Å². The first kappa shape index (κ1) is 19.2. The molecule has 4 rings (SSSR count). The standard InChI is InChI=1S/C19H22F2N4O2S/c1-10-6-12(8-13(7-10)28(3,22)27)16-14-4-5-19(20,21)17(14)24-18(23-16)25-9-15(26)11(25)2/h6-8,11,15,22,26H,4-5,9H2,1-3H3/t11-,15+,28?/m0/s1. The zero-order valence-electron chi connectivity index (χ0n) is 15.9. The van der Waals surface area contributed by atoms with Gasteiger partial charge < -0.3 is 10.0 Å². The average Bonchev–Trinajstić information content (AvgIpc) is 2.92. The van der Waals surface area contributed by atoms with Crippen LogP contribution in [0.5, 0.6) is 0 Å². The normalized spacial score (nSPS) is 25.1. The maximum absolute atomic E-state index is 14.5. The van der Waals surface area contributed by atoms with Gasteiger partial charge in [-0.2, -0.15) is 8.78 Å². The number of hydrogen-bond acceptors (Lipinski definition) is 6. The summed E-state index contributed by atoms with van der Waals surface area (Å²) in [6.45, 7) is 3.89. The highest BCUT2D eigenvalue weighted by Gasteiger charge is 2.45. The molecule has 0 spiro atoms. The molecule has 150 valence electrons. The predicted octanol–water partition coefficient (Wildman–Crippen LogP) is 3.09. The number of halogens is 2. The number of aryl methyl sites for hydroxylation is 1. The third-order valence-corrected chi connectivity index (χ3v) is 6.63. The fraction of sp³-hybridized carbons (Fsp3) is 0.474. The van der Waals surface area contributed by atoms with E-state index < -0.39 is 21.8 Å². The highest BCUT2D eigenvalue weighted by molar-refractivity contribution is 7.91. The Labute approximate surface area is 162 Å². The number of nitrogens with zero attached hydrogens (tertiary/aromatic N) is 3. The molecule has 1 aliphatic heterocycles. The molecular weight excluding hydrogens is 386 g/mol. The van der Waals surface area contributed by atoms with Gasteiger partial charge in [0.15, 0.2) is 0 Å². The van der Waals surface area contributed by atoms with Crippen LogP contribution in [-0.2, 0) is 22.1 Å². The summed E-state index contributed by atoms with van der Waals surface area (Å²) in [4.78, 5) is 10.8. The first-order valence-corrected chi connectivity index (χ1v) is 11.0. The molecule has 0 saturated carbocycles. The second kappa shape index (κ2) is 6.18. The van der Waals surface area contributed by atoms with E-state index in [9.17, 15) is 18.1 Å². The molecule has 2 N–H and O–H groups in total. The van der Waals surface area contributed by atoms with Crippen molar-refractivity contribution in [3.8, 4) is 11.3 Å². The van der Waals surface area contributed by atoms with Crippen LogP contribution in [0.25, 0.3) is 11.3 Å². The number of rotatable bonds is 3. The summed E-state index contributed by atoms with van der Waals surface area (Å²) in [6.07, 6.45) is 0.618. The van der Waals surface area contributed by atoms with Crippen molar-refractivity contribution in [2.45, 2.75) is 49.7 Å². The van der Waals surface area contributed by atoms with E-state index in [1.54, 1.807) is 30.0 Å². The fourth-order valence-electron chi connectivity index (χ4n) is 3.74. The Morgan fingerprint density at radius 2 is 2.04 bits per heavy atom. The number of aromatic nitrogens is 2. The summed E-state index contributed by atoms with van der Waals surface area (Å²) in [5.74, 6) is -2.87. The third-order valence-electron chi connectivity index (χ3n) is 5.49. The number of hydrogen-bond donors (Lipinski definition) is 2. The van der Waals surface area contributed by atoms with Crippen LogP contribution in [0, 0.1) is 11.7 Å². The van der Waals surface area contributed by atoms with E-state index >= 15 is 0 Å². The van der Waals surface area contributed by atoms with Crippen molar-refractivity contribution in [3.63, 3.8) is 0 Å². The van der Waals surface area contributed by atoms with Crippen LogP contribution < -0.4 is 4.90 Å². The Kier molecular flexibility index (Phi) is 4.24. The van der Waals surface area contributed by atoms with Gasteiger partial charge in [-0.25, -0.2) is 19.0 Å². The number of aliphatic hydroxyl groups is 1. The molecule has 0 radical (unpaired) electrons. The van der Waals surface area contributed by atoms with Gasteiger partial charge in [-0.3, -0.25) is 0 Å². The van der Waals surface area contributed by atoms with Gasteiger partial charge in [-0.15, -0.1) is 0 Å². The lowest BCUT2D eigenvalue weighted by Crippen LogP contribution is -2.59. The van der Waals surface area contributed by atoms with Gasteiger partial charge in [0.1, 0.15) is 5.69 Å². The van der Waals surface area contributed by atoms with Gasteiger partial charge in [0.05, 0.1) is 27.6 Å². The minimum atomic E-state index is -3.03.